The summed E-state index contributed by atoms with van der Waals surface area (Å²) in [5.74, 6) is -0.571. The van der Waals surface area contributed by atoms with Crippen LogP contribution in [0.4, 0.5) is 14.5 Å². The van der Waals surface area contributed by atoms with Gasteiger partial charge in [-0.1, -0.05) is 0 Å². The number of alkyl halides is 2. The SMILES string of the molecule is CCNc1ccncc1C(=O)N(CCO)CC(F)F. The number of hydrogen-bond donors (Lipinski definition) is 2. The summed E-state index contributed by atoms with van der Waals surface area (Å²) in [6, 6.07) is 1.61. The molecule has 1 rings (SSSR count). The molecule has 106 valence electrons. The number of pyridine rings is 1. The van der Waals surface area contributed by atoms with Gasteiger partial charge in [0.15, 0.2) is 0 Å². The summed E-state index contributed by atoms with van der Waals surface area (Å²) >= 11 is 0. The van der Waals surface area contributed by atoms with E-state index < -0.39 is 18.9 Å². The number of carbonyl (C=O) groups excluding carboxylic acids is 1. The van der Waals surface area contributed by atoms with E-state index >= 15 is 0 Å². The molecule has 0 fully saturated rings. The third-order valence-electron chi connectivity index (χ3n) is 2.43. The maximum absolute atomic E-state index is 12.4. The first kappa shape index (κ1) is 15.3. The topological polar surface area (TPSA) is 65.5 Å². The van der Waals surface area contributed by atoms with Crippen LogP contribution in [0.15, 0.2) is 18.5 Å². The van der Waals surface area contributed by atoms with Crippen molar-refractivity contribution >= 4 is 11.6 Å². The molecule has 0 spiro atoms. The van der Waals surface area contributed by atoms with Crippen LogP contribution in [0.5, 0.6) is 0 Å². The Bertz CT molecular complexity index is 416. The van der Waals surface area contributed by atoms with Crippen molar-refractivity contribution in [2.75, 3.05) is 31.6 Å². The zero-order valence-corrected chi connectivity index (χ0v) is 10.6. The van der Waals surface area contributed by atoms with Crippen LogP contribution in [0.1, 0.15) is 17.3 Å². The highest BCUT2D eigenvalue weighted by Gasteiger charge is 2.21. The molecular formula is C12H17F2N3O2. The first-order chi connectivity index (χ1) is 9.10. The second-order valence-electron chi connectivity index (χ2n) is 3.82. The van der Waals surface area contributed by atoms with Gasteiger partial charge in [-0.25, -0.2) is 8.78 Å². The lowest BCUT2D eigenvalue weighted by molar-refractivity contribution is 0.0509. The summed E-state index contributed by atoms with van der Waals surface area (Å²) < 4.78 is 24.9. The molecule has 0 saturated carbocycles. The number of rotatable bonds is 7. The maximum Gasteiger partial charge on any atom is 0.257 e. The Kier molecular flexibility index (Phi) is 6.14. The quantitative estimate of drug-likeness (QED) is 0.784. The molecule has 7 heteroatoms. The largest absolute Gasteiger partial charge is 0.395 e. The Hall–Kier alpha value is -1.76. The Morgan fingerprint density at radius 1 is 1.58 bits per heavy atom. The molecule has 1 heterocycles. The van der Waals surface area contributed by atoms with E-state index in [1.165, 1.54) is 12.4 Å². The van der Waals surface area contributed by atoms with Gasteiger partial charge in [-0.2, -0.15) is 0 Å². The average molecular weight is 273 g/mol. The van der Waals surface area contributed by atoms with Gasteiger partial charge in [0.05, 0.1) is 24.4 Å². The van der Waals surface area contributed by atoms with Crippen molar-refractivity contribution in [2.24, 2.45) is 0 Å². The molecule has 0 aliphatic heterocycles. The molecule has 19 heavy (non-hydrogen) atoms. The third-order valence-corrected chi connectivity index (χ3v) is 2.43. The van der Waals surface area contributed by atoms with Crippen molar-refractivity contribution in [3.8, 4) is 0 Å². The minimum Gasteiger partial charge on any atom is -0.395 e. The Morgan fingerprint density at radius 3 is 2.89 bits per heavy atom. The van der Waals surface area contributed by atoms with Gasteiger partial charge in [-0.05, 0) is 13.0 Å². The van der Waals surface area contributed by atoms with E-state index in [1.807, 2.05) is 6.92 Å². The van der Waals surface area contributed by atoms with Gasteiger partial charge in [-0.15, -0.1) is 0 Å². The molecule has 0 aliphatic rings. The smallest absolute Gasteiger partial charge is 0.257 e. The summed E-state index contributed by atoms with van der Waals surface area (Å²) in [5, 5.41) is 11.8. The van der Waals surface area contributed by atoms with E-state index in [9.17, 15) is 13.6 Å². The molecule has 0 aliphatic carbocycles. The number of anilines is 1. The molecule has 1 amide bonds. The number of aliphatic hydroxyl groups excluding tert-OH is 1. The predicted octanol–water partition coefficient (Wildman–Crippen LogP) is 1.21. The van der Waals surface area contributed by atoms with Crippen molar-refractivity contribution < 1.29 is 18.7 Å². The number of nitrogens with one attached hydrogen (secondary N) is 1. The lowest BCUT2D eigenvalue weighted by Crippen LogP contribution is -2.37. The van der Waals surface area contributed by atoms with Crippen LogP contribution < -0.4 is 5.32 Å². The Balaban J connectivity index is 2.95. The second kappa shape index (κ2) is 7.63. The van der Waals surface area contributed by atoms with Crippen molar-refractivity contribution in [3.63, 3.8) is 0 Å². The maximum atomic E-state index is 12.4. The standard InChI is InChI=1S/C12H17F2N3O2/c1-2-16-10-3-4-15-7-9(10)12(19)17(5-6-18)8-11(13)14/h3-4,7,11,18H,2,5-6,8H2,1H3,(H,15,16). The minimum atomic E-state index is -2.64. The summed E-state index contributed by atoms with van der Waals surface area (Å²) in [6.07, 6.45) is 0.198. The summed E-state index contributed by atoms with van der Waals surface area (Å²) in [7, 11) is 0. The van der Waals surface area contributed by atoms with Gasteiger partial charge in [0.1, 0.15) is 0 Å². The summed E-state index contributed by atoms with van der Waals surface area (Å²) in [6.45, 7) is 1.25. The molecule has 0 bridgehead atoms. The number of aliphatic hydroxyl groups is 1. The van der Waals surface area contributed by atoms with Gasteiger partial charge >= 0.3 is 0 Å². The molecule has 2 N–H and O–H groups in total. The van der Waals surface area contributed by atoms with E-state index in [2.05, 4.69) is 10.3 Å². The molecule has 0 radical (unpaired) electrons. The van der Waals surface area contributed by atoms with Gasteiger partial charge in [-0.3, -0.25) is 9.78 Å². The van der Waals surface area contributed by atoms with E-state index in [1.54, 1.807) is 6.07 Å². The average Bonchev–Trinajstić information content (AvgIpc) is 2.38. The highest BCUT2D eigenvalue weighted by Crippen LogP contribution is 2.16. The summed E-state index contributed by atoms with van der Waals surface area (Å²) in [4.78, 5) is 16.9. The van der Waals surface area contributed by atoms with E-state index in [-0.39, 0.29) is 18.7 Å². The lowest BCUT2D eigenvalue weighted by atomic mass is 10.2. The van der Waals surface area contributed by atoms with E-state index in [0.29, 0.717) is 12.2 Å². The highest BCUT2D eigenvalue weighted by atomic mass is 19.3. The van der Waals surface area contributed by atoms with E-state index in [4.69, 9.17) is 5.11 Å². The highest BCUT2D eigenvalue weighted by molar-refractivity contribution is 5.99. The van der Waals surface area contributed by atoms with Crippen molar-refractivity contribution in [1.29, 1.82) is 0 Å². The lowest BCUT2D eigenvalue weighted by Gasteiger charge is -2.22. The van der Waals surface area contributed by atoms with Crippen LogP contribution in [-0.4, -0.2) is 53.6 Å². The van der Waals surface area contributed by atoms with Gasteiger partial charge in [0, 0.05) is 25.5 Å². The monoisotopic (exact) mass is 273 g/mol. The minimum absolute atomic E-state index is 0.135. The number of amides is 1. The molecule has 1 aromatic rings. The molecule has 0 saturated heterocycles. The van der Waals surface area contributed by atoms with Crippen LogP contribution >= 0.6 is 0 Å². The molecule has 5 nitrogen and oxygen atoms in total. The van der Waals surface area contributed by atoms with Gasteiger partial charge in [0.25, 0.3) is 12.3 Å². The zero-order valence-electron chi connectivity index (χ0n) is 10.6. The fraction of sp³-hybridized carbons (Fsp3) is 0.500. The van der Waals surface area contributed by atoms with Gasteiger partial charge in [0.2, 0.25) is 0 Å². The van der Waals surface area contributed by atoms with Crippen LogP contribution in [0.3, 0.4) is 0 Å². The molecule has 1 aromatic heterocycles. The van der Waals surface area contributed by atoms with Crippen LogP contribution in [0.2, 0.25) is 0 Å². The summed E-state index contributed by atoms with van der Waals surface area (Å²) in [5.41, 5.74) is 0.762. The fourth-order valence-electron chi connectivity index (χ4n) is 1.64. The Labute approximate surface area is 110 Å². The molecule has 0 atom stereocenters. The van der Waals surface area contributed by atoms with Crippen LogP contribution in [0, 0.1) is 0 Å². The van der Waals surface area contributed by atoms with Crippen molar-refractivity contribution in [2.45, 2.75) is 13.3 Å². The predicted molar refractivity (Wildman–Crippen MR) is 67.4 cm³/mol. The van der Waals surface area contributed by atoms with Crippen molar-refractivity contribution in [3.05, 3.63) is 24.0 Å². The number of nitrogens with zero attached hydrogens (tertiary/aromatic N) is 2. The third kappa shape index (κ3) is 4.44. The first-order valence-corrected chi connectivity index (χ1v) is 5.96. The number of halogens is 2. The zero-order chi connectivity index (χ0) is 14.3. The fourth-order valence-corrected chi connectivity index (χ4v) is 1.64. The molecule has 0 unspecified atom stereocenters. The number of carbonyl (C=O) groups is 1. The first-order valence-electron chi connectivity index (χ1n) is 5.96. The van der Waals surface area contributed by atoms with Gasteiger partial charge < -0.3 is 15.3 Å². The number of aromatic nitrogens is 1. The molecular weight excluding hydrogens is 256 g/mol. The number of hydrogen-bond acceptors (Lipinski definition) is 4. The van der Waals surface area contributed by atoms with Crippen LogP contribution in [-0.2, 0) is 0 Å². The molecule has 0 aromatic carbocycles. The normalized spacial score (nSPS) is 10.6. The van der Waals surface area contributed by atoms with E-state index in [0.717, 1.165) is 4.90 Å². The second-order valence-corrected chi connectivity index (χ2v) is 3.82. The van der Waals surface area contributed by atoms with Crippen molar-refractivity contribution in [1.82, 2.24) is 9.88 Å². The van der Waals surface area contributed by atoms with Crippen LogP contribution in [0.25, 0.3) is 0 Å². The Morgan fingerprint density at radius 2 is 2.32 bits per heavy atom.